The van der Waals surface area contributed by atoms with Gasteiger partial charge in [-0.2, -0.15) is 13.2 Å². The van der Waals surface area contributed by atoms with Gasteiger partial charge in [-0.1, -0.05) is 0 Å². The fraction of sp³-hybridized carbons (Fsp3) is 0.273. The number of aliphatic carboxylic acids is 1. The number of aromatic nitrogens is 1. The molecule has 0 unspecified atom stereocenters. The Hall–Kier alpha value is -3.14. The van der Waals surface area contributed by atoms with E-state index in [1.807, 2.05) is 42.1 Å². The highest BCUT2D eigenvalue weighted by atomic mass is 32.2. The van der Waals surface area contributed by atoms with E-state index < -0.39 is 12.1 Å². The summed E-state index contributed by atoms with van der Waals surface area (Å²) in [5.41, 5.74) is 0.802. The van der Waals surface area contributed by atoms with Gasteiger partial charge in [-0.05, 0) is 49.2 Å². The summed E-state index contributed by atoms with van der Waals surface area (Å²) in [5, 5.41) is 8.81. The number of halogens is 3. The Balaban J connectivity index is 0.000000360. The maximum absolute atomic E-state index is 10.6. The van der Waals surface area contributed by atoms with Crippen LogP contribution in [0.4, 0.5) is 13.2 Å². The predicted molar refractivity (Wildman–Crippen MR) is 114 cm³/mol. The molecule has 0 amide bonds. The summed E-state index contributed by atoms with van der Waals surface area (Å²) in [6.07, 6.45) is -0.685. The normalized spacial score (nSPS) is 13.2. The van der Waals surface area contributed by atoms with E-state index in [1.165, 1.54) is 17.7 Å². The SMILES string of the molecule is COc1cc2nccc(Oc3ccc(SC4CC4)cc3)c2cc1OC.O=C(O)C(F)(F)F. The van der Waals surface area contributed by atoms with Gasteiger partial charge in [0.05, 0.1) is 19.7 Å². The third-order valence-corrected chi connectivity index (χ3v) is 5.68. The first-order valence-electron chi connectivity index (χ1n) is 9.46. The molecule has 0 atom stereocenters. The van der Waals surface area contributed by atoms with E-state index in [0.29, 0.717) is 11.5 Å². The van der Waals surface area contributed by atoms with Crippen molar-refractivity contribution in [3.63, 3.8) is 0 Å². The molecule has 1 aliphatic rings. The highest BCUT2D eigenvalue weighted by Gasteiger charge is 2.38. The topological polar surface area (TPSA) is 77.9 Å². The lowest BCUT2D eigenvalue weighted by Gasteiger charge is -2.12. The van der Waals surface area contributed by atoms with E-state index in [-0.39, 0.29) is 0 Å². The minimum absolute atomic E-state index is 0.654. The van der Waals surface area contributed by atoms with Gasteiger partial charge in [-0.3, -0.25) is 4.98 Å². The number of carbonyl (C=O) groups is 1. The van der Waals surface area contributed by atoms with Crippen LogP contribution in [-0.2, 0) is 4.79 Å². The Labute approximate surface area is 186 Å². The van der Waals surface area contributed by atoms with Crippen molar-refractivity contribution in [1.29, 1.82) is 0 Å². The Morgan fingerprint density at radius 1 is 1.03 bits per heavy atom. The number of fused-ring (bicyclic) bond motifs is 1. The number of ether oxygens (including phenoxy) is 3. The summed E-state index contributed by atoms with van der Waals surface area (Å²) < 4.78 is 48.6. The molecule has 6 nitrogen and oxygen atoms in total. The number of alkyl halides is 3. The summed E-state index contributed by atoms with van der Waals surface area (Å²) >= 11 is 1.94. The zero-order valence-corrected chi connectivity index (χ0v) is 18.0. The first-order valence-corrected chi connectivity index (χ1v) is 10.3. The van der Waals surface area contributed by atoms with Crippen molar-refractivity contribution in [2.45, 2.75) is 29.2 Å². The van der Waals surface area contributed by atoms with Gasteiger partial charge in [-0.15, -0.1) is 11.8 Å². The van der Waals surface area contributed by atoms with Crippen LogP contribution in [0.1, 0.15) is 12.8 Å². The lowest BCUT2D eigenvalue weighted by molar-refractivity contribution is -0.192. The van der Waals surface area contributed by atoms with Crippen LogP contribution in [0.25, 0.3) is 10.9 Å². The largest absolute Gasteiger partial charge is 0.493 e. The average molecular weight is 467 g/mol. The number of thioether (sulfide) groups is 1. The number of carboxylic acids is 1. The monoisotopic (exact) mass is 467 g/mol. The molecule has 3 aromatic rings. The van der Waals surface area contributed by atoms with E-state index in [4.69, 9.17) is 24.1 Å². The van der Waals surface area contributed by atoms with Crippen molar-refractivity contribution in [2.75, 3.05) is 14.2 Å². The standard InChI is InChI=1S/C20H19NO3S.C2HF3O2/c1-22-19-11-16-17(12-20(19)23-2)21-10-9-18(16)24-13-3-5-14(6-4-13)25-15-7-8-15;3-2(4,5)1(6)7/h3-6,9-12,15H,7-8H2,1-2H3;(H,6,7). The molecule has 0 bridgehead atoms. The van der Waals surface area contributed by atoms with Crippen LogP contribution in [-0.4, -0.2) is 41.7 Å². The highest BCUT2D eigenvalue weighted by molar-refractivity contribution is 8.00. The van der Waals surface area contributed by atoms with Crippen molar-refractivity contribution in [2.24, 2.45) is 0 Å². The molecule has 2 aromatic carbocycles. The quantitative estimate of drug-likeness (QED) is 0.481. The van der Waals surface area contributed by atoms with Crippen LogP contribution in [0.3, 0.4) is 0 Å². The second-order valence-electron chi connectivity index (χ2n) is 6.73. The predicted octanol–water partition coefficient (Wildman–Crippen LogP) is 5.93. The lowest BCUT2D eigenvalue weighted by atomic mass is 10.2. The van der Waals surface area contributed by atoms with Crippen LogP contribution in [0.15, 0.2) is 53.6 Å². The second kappa shape index (κ2) is 9.99. The van der Waals surface area contributed by atoms with Crippen molar-refractivity contribution < 1.29 is 37.3 Å². The molecule has 1 saturated carbocycles. The van der Waals surface area contributed by atoms with Gasteiger partial charge < -0.3 is 19.3 Å². The molecule has 0 radical (unpaired) electrons. The zero-order valence-electron chi connectivity index (χ0n) is 17.2. The molecule has 1 N–H and O–H groups in total. The molecule has 1 heterocycles. The number of methoxy groups -OCH3 is 2. The summed E-state index contributed by atoms with van der Waals surface area (Å²) in [7, 11) is 3.24. The third-order valence-electron chi connectivity index (χ3n) is 4.33. The number of pyridine rings is 1. The van der Waals surface area contributed by atoms with Crippen molar-refractivity contribution >= 4 is 28.6 Å². The molecule has 4 rings (SSSR count). The number of benzene rings is 2. The van der Waals surface area contributed by atoms with E-state index in [9.17, 15) is 13.2 Å². The number of carboxylic acid groups (broad SMARTS) is 1. The van der Waals surface area contributed by atoms with E-state index in [2.05, 4.69) is 17.1 Å². The molecule has 10 heteroatoms. The maximum Gasteiger partial charge on any atom is 0.490 e. The molecule has 0 spiro atoms. The Morgan fingerprint density at radius 3 is 2.16 bits per heavy atom. The molecule has 1 fully saturated rings. The summed E-state index contributed by atoms with van der Waals surface area (Å²) in [6.45, 7) is 0. The Bertz CT molecular complexity index is 1090. The number of rotatable bonds is 6. The number of nitrogens with zero attached hydrogens (tertiary/aromatic N) is 1. The van der Waals surface area contributed by atoms with E-state index >= 15 is 0 Å². The fourth-order valence-electron chi connectivity index (χ4n) is 2.63. The molecule has 1 aliphatic carbocycles. The maximum atomic E-state index is 10.6. The average Bonchev–Trinajstić information content (AvgIpc) is 3.58. The van der Waals surface area contributed by atoms with Crippen molar-refractivity contribution in [3.8, 4) is 23.0 Å². The van der Waals surface area contributed by atoms with Crippen LogP contribution in [0, 0.1) is 0 Å². The van der Waals surface area contributed by atoms with Crippen LogP contribution in [0.2, 0.25) is 0 Å². The van der Waals surface area contributed by atoms with Crippen LogP contribution >= 0.6 is 11.8 Å². The van der Waals surface area contributed by atoms with Gasteiger partial charge in [0.15, 0.2) is 11.5 Å². The second-order valence-corrected chi connectivity index (χ2v) is 8.10. The highest BCUT2D eigenvalue weighted by Crippen LogP contribution is 2.40. The third kappa shape index (κ3) is 6.19. The lowest BCUT2D eigenvalue weighted by Crippen LogP contribution is -2.21. The van der Waals surface area contributed by atoms with Gasteiger partial charge >= 0.3 is 12.1 Å². The summed E-state index contributed by atoms with van der Waals surface area (Å²) in [5.74, 6) is 0.105. The van der Waals surface area contributed by atoms with Gasteiger partial charge in [0, 0.05) is 27.8 Å². The first-order chi connectivity index (χ1) is 15.2. The van der Waals surface area contributed by atoms with Crippen LogP contribution < -0.4 is 14.2 Å². The molecule has 0 saturated heterocycles. The smallest absolute Gasteiger partial charge is 0.490 e. The zero-order chi connectivity index (χ0) is 23.3. The van der Waals surface area contributed by atoms with Gasteiger partial charge in [0.1, 0.15) is 11.5 Å². The molecule has 170 valence electrons. The Morgan fingerprint density at radius 2 is 1.62 bits per heavy atom. The molecule has 0 aliphatic heterocycles. The number of hydrogen-bond donors (Lipinski definition) is 1. The minimum atomic E-state index is -5.08. The van der Waals surface area contributed by atoms with Crippen molar-refractivity contribution in [3.05, 3.63) is 48.7 Å². The van der Waals surface area contributed by atoms with E-state index in [1.54, 1.807) is 20.4 Å². The minimum Gasteiger partial charge on any atom is -0.493 e. The first kappa shape index (κ1) is 23.5. The number of hydrogen-bond acceptors (Lipinski definition) is 6. The van der Waals surface area contributed by atoms with Gasteiger partial charge in [0.25, 0.3) is 0 Å². The van der Waals surface area contributed by atoms with Crippen molar-refractivity contribution in [1.82, 2.24) is 4.98 Å². The molecule has 1 aromatic heterocycles. The fourth-order valence-corrected chi connectivity index (χ4v) is 3.68. The van der Waals surface area contributed by atoms with Crippen LogP contribution in [0.5, 0.6) is 23.0 Å². The van der Waals surface area contributed by atoms with Gasteiger partial charge in [-0.25, -0.2) is 4.79 Å². The van der Waals surface area contributed by atoms with Gasteiger partial charge in [0.2, 0.25) is 0 Å². The summed E-state index contributed by atoms with van der Waals surface area (Å²) in [6, 6.07) is 13.9. The molecular weight excluding hydrogens is 447 g/mol. The molecular formula is C22H20F3NO5S. The Kier molecular flexibility index (Phi) is 7.34. The molecule has 32 heavy (non-hydrogen) atoms. The van der Waals surface area contributed by atoms with E-state index in [0.717, 1.165) is 27.7 Å². The summed E-state index contributed by atoms with van der Waals surface area (Å²) in [4.78, 5) is 14.6.